The maximum absolute atomic E-state index is 13.1. The lowest BCUT2D eigenvalue weighted by Gasteiger charge is -2.33. The number of piperidine rings is 1. The van der Waals surface area contributed by atoms with Crippen LogP contribution in [0.3, 0.4) is 0 Å². The van der Waals surface area contributed by atoms with Crippen molar-refractivity contribution >= 4 is 44.8 Å². The van der Waals surface area contributed by atoms with Crippen LogP contribution in [0, 0.1) is 16.0 Å². The van der Waals surface area contributed by atoms with Crippen molar-refractivity contribution in [2.45, 2.75) is 77.2 Å². The summed E-state index contributed by atoms with van der Waals surface area (Å²) >= 11 is 1.44. The number of carbonyl (C=O) groups excluding carboxylic acids is 2. The van der Waals surface area contributed by atoms with E-state index >= 15 is 0 Å². The Bertz CT molecular complexity index is 1620. The van der Waals surface area contributed by atoms with Gasteiger partial charge in [0.1, 0.15) is 11.9 Å². The average molecular weight is 717 g/mol. The summed E-state index contributed by atoms with van der Waals surface area (Å²) in [6, 6.07) is 13.7. The maximum atomic E-state index is 13.1. The highest BCUT2D eigenvalue weighted by Crippen LogP contribution is 2.31. The van der Waals surface area contributed by atoms with Gasteiger partial charge < -0.3 is 25.0 Å². The van der Waals surface area contributed by atoms with Crippen LogP contribution in [-0.4, -0.2) is 78.2 Å². The van der Waals surface area contributed by atoms with Gasteiger partial charge in [0.25, 0.3) is 5.69 Å². The monoisotopic (exact) mass is 716 g/mol. The van der Waals surface area contributed by atoms with Crippen LogP contribution in [0.1, 0.15) is 52.5 Å². The quantitative estimate of drug-likeness (QED) is 0.219. The number of amides is 2. The van der Waals surface area contributed by atoms with Gasteiger partial charge in [-0.25, -0.2) is 22.7 Å². The molecule has 49 heavy (non-hydrogen) atoms. The number of alkyl carbamates (subject to hydrolysis) is 1. The Hall–Kier alpha value is -4.15. The number of hydrogen-bond acceptors (Lipinski definition) is 11. The number of aliphatic imine (C=N–C) groups is 1. The van der Waals surface area contributed by atoms with E-state index in [1.807, 2.05) is 37.3 Å². The van der Waals surface area contributed by atoms with Crippen molar-refractivity contribution in [3.05, 3.63) is 81.8 Å². The number of sulfonamides is 1. The zero-order chi connectivity index (χ0) is 35.8. The molecule has 0 spiro atoms. The van der Waals surface area contributed by atoms with Crippen LogP contribution in [0.2, 0.25) is 0 Å². The molecule has 16 heteroatoms. The molecule has 0 radical (unpaired) electrons. The minimum atomic E-state index is -3.88. The number of hydrogen-bond donors (Lipinski definition) is 3. The average Bonchev–Trinajstić information content (AvgIpc) is 3.18. The molecule has 0 aromatic heterocycles. The largest absolute Gasteiger partial charge is 0.446 e. The van der Waals surface area contributed by atoms with Gasteiger partial charge in [0.05, 0.1) is 15.9 Å². The lowest BCUT2D eigenvalue weighted by atomic mass is 9.92. The second kappa shape index (κ2) is 16.5. The van der Waals surface area contributed by atoms with Crippen LogP contribution >= 0.6 is 11.8 Å². The molecule has 4 rings (SSSR count). The molecule has 2 aromatic carbocycles. The van der Waals surface area contributed by atoms with E-state index in [0.29, 0.717) is 43.4 Å². The third kappa shape index (κ3) is 11.5. The lowest BCUT2D eigenvalue weighted by Crippen LogP contribution is -2.46. The van der Waals surface area contributed by atoms with Crippen LogP contribution in [0.15, 0.2) is 71.1 Å². The summed E-state index contributed by atoms with van der Waals surface area (Å²) in [5.41, 5.74) is 0.128. The van der Waals surface area contributed by atoms with E-state index in [4.69, 9.17) is 14.5 Å². The number of amidine groups is 1. The SMILES string of the molecule is C=C(C[C@H]1N=C(N2CCC(OC(=O)NCc3ccccc3)CC2)SCC(NC(=O)Oc2ccc([N+](=O)[O-])cc2)[C@H]1C)S(=O)(=O)NC(C)(C)C. The molecular formula is C33H44N6O8S2. The molecule has 14 nitrogen and oxygen atoms in total. The zero-order valence-corrected chi connectivity index (χ0v) is 29.7. The van der Waals surface area contributed by atoms with Crippen molar-refractivity contribution in [3.8, 4) is 5.75 Å². The number of benzene rings is 2. The Morgan fingerprint density at radius 2 is 1.73 bits per heavy atom. The minimum absolute atomic E-state index is 0.0184. The van der Waals surface area contributed by atoms with Gasteiger partial charge in [-0.15, -0.1) is 0 Å². The summed E-state index contributed by atoms with van der Waals surface area (Å²) in [6.07, 6.45) is -0.312. The number of non-ortho nitro benzene ring substituents is 1. The van der Waals surface area contributed by atoms with Gasteiger partial charge in [-0.2, -0.15) is 0 Å². The number of thioether (sulfide) groups is 1. The maximum Gasteiger partial charge on any atom is 0.412 e. The van der Waals surface area contributed by atoms with E-state index < -0.39 is 44.8 Å². The third-order valence-electron chi connectivity index (χ3n) is 7.99. The number of nitro benzene ring substituents is 1. The molecule has 2 aromatic rings. The van der Waals surface area contributed by atoms with Crippen LogP contribution < -0.4 is 20.1 Å². The van der Waals surface area contributed by atoms with E-state index in [1.165, 1.54) is 36.0 Å². The van der Waals surface area contributed by atoms with E-state index in [-0.39, 0.29) is 34.8 Å². The summed E-state index contributed by atoms with van der Waals surface area (Å²) in [7, 11) is -3.88. The number of nitrogens with one attached hydrogen (secondary N) is 3. The van der Waals surface area contributed by atoms with E-state index in [2.05, 4.69) is 26.8 Å². The summed E-state index contributed by atoms with van der Waals surface area (Å²) in [5, 5.41) is 17.3. The van der Waals surface area contributed by atoms with Gasteiger partial charge in [-0.1, -0.05) is 55.6 Å². The highest BCUT2D eigenvalue weighted by molar-refractivity contribution is 8.13. The molecule has 0 aliphatic carbocycles. The molecule has 1 saturated heterocycles. The van der Waals surface area contributed by atoms with Gasteiger partial charge in [0.15, 0.2) is 5.17 Å². The van der Waals surface area contributed by atoms with E-state index in [9.17, 15) is 28.1 Å². The van der Waals surface area contributed by atoms with Crippen molar-refractivity contribution in [1.82, 2.24) is 20.3 Å². The number of nitrogens with zero attached hydrogens (tertiary/aromatic N) is 3. The van der Waals surface area contributed by atoms with Crippen LogP contribution in [0.4, 0.5) is 15.3 Å². The van der Waals surface area contributed by atoms with Crippen molar-refractivity contribution in [2.24, 2.45) is 10.9 Å². The van der Waals surface area contributed by atoms with Crippen LogP contribution in [0.25, 0.3) is 0 Å². The summed E-state index contributed by atoms with van der Waals surface area (Å²) in [6.45, 7) is 12.5. The molecule has 1 fully saturated rings. The predicted octanol–water partition coefficient (Wildman–Crippen LogP) is 5.17. The first kappa shape index (κ1) is 37.7. The topological polar surface area (TPSA) is 182 Å². The fraction of sp³-hybridized carbons (Fsp3) is 0.485. The molecule has 0 saturated carbocycles. The first-order valence-corrected chi connectivity index (χ1v) is 18.4. The van der Waals surface area contributed by atoms with Gasteiger partial charge in [-0.3, -0.25) is 15.1 Å². The number of rotatable bonds is 10. The number of likely N-dealkylation sites (tertiary alicyclic amines) is 1. The first-order valence-electron chi connectivity index (χ1n) is 16.0. The normalized spacial score (nSPS) is 20.4. The molecule has 3 atom stereocenters. The molecule has 0 bridgehead atoms. The molecule has 266 valence electrons. The minimum Gasteiger partial charge on any atom is -0.446 e. The van der Waals surface area contributed by atoms with Crippen LogP contribution in [0.5, 0.6) is 5.75 Å². The smallest absolute Gasteiger partial charge is 0.412 e. The Labute approximate surface area is 291 Å². The number of nitro groups is 1. The molecule has 1 unspecified atom stereocenters. The fourth-order valence-electron chi connectivity index (χ4n) is 5.33. The molecule has 2 amide bonds. The zero-order valence-electron chi connectivity index (χ0n) is 28.1. The van der Waals surface area contributed by atoms with Gasteiger partial charge in [-0.05, 0) is 38.5 Å². The van der Waals surface area contributed by atoms with E-state index in [0.717, 1.165) is 5.56 Å². The van der Waals surface area contributed by atoms with Gasteiger partial charge in [0.2, 0.25) is 10.0 Å². The third-order valence-corrected chi connectivity index (χ3v) is 10.9. The van der Waals surface area contributed by atoms with Crippen LogP contribution in [-0.2, 0) is 21.3 Å². The number of ether oxygens (including phenoxy) is 2. The Kier molecular flexibility index (Phi) is 12.7. The lowest BCUT2D eigenvalue weighted by molar-refractivity contribution is -0.384. The second-order valence-electron chi connectivity index (χ2n) is 13.1. The Morgan fingerprint density at radius 3 is 2.35 bits per heavy atom. The van der Waals surface area contributed by atoms with Crippen molar-refractivity contribution in [2.75, 3.05) is 18.8 Å². The predicted molar refractivity (Wildman–Crippen MR) is 189 cm³/mol. The molecule has 2 aliphatic rings. The highest BCUT2D eigenvalue weighted by Gasteiger charge is 2.36. The fourth-order valence-corrected chi connectivity index (χ4v) is 7.96. The highest BCUT2D eigenvalue weighted by atomic mass is 32.2. The van der Waals surface area contributed by atoms with Gasteiger partial charge >= 0.3 is 12.2 Å². The Morgan fingerprint density at radius 1 is 1.08 bits per heavy atom. The molecular weight excluding hydrogens is 673 g/mol. The van der Waals surface area contributed by atoms with Gasteiger partial charge in [0, 0.05) is 74.3 Å². The van der Waals surface area contributed by atoms with Crippen molar-refractivity contribution in [1.29, 1.82) is 0 Å². The molecule has 2 aliphatic heterocycles. The number of carbonyl (C=O) groups is 2. The first-order chi connectivity index (χ1) is 23.1. The molecule has 3 N–H and O–H groups in total. The summed E-state index contributed by atoms with van der Waals surface area (Å²) in [4.78, 5) is 42.9. The van der Waals surface area contributed by atoms with E-state index in [1.54, 1.807) is 20.8 Å². The van der Waals surface area contributed by atoms with Crippen molar-refractivity contribution < 1.29 is 32.4 Å². The summed E-state index contributed by atoms with van der Waals surface area (Å²) < 4.78 is 39.9. The molecule has 2 heterocycles. The summed E-state index contributed by atoms with van der Waals surface area (Å²) in [5.74, 6) is 0.228. The van der Waals surface area contributed by atoms with Crippen molar-refractivity contribution in [3.63, 3.8) is 0 Å². The Balaban J connectivity index is 1.42. The standard InChI is InChI=1S/C33H44N6O8S2/c1-22(49(44,45)37-33(3,4)5)19-28-23(2)29(36-32(41)47-26-13-11-25(12-14-26)39(42)43)21-48-30(35-28)38-17-15-27(16-18-38)46-31(40)34-20-24-9-7-6-8-10-24/h6-14,23,27-29,37H,1,15-21H2,2-5H3,(H,34,40)(H,36,41)/t23-,28+,29?/m0/s1. The second-order valence-corrected chi connectivity index (χ2v) is 15.8.